The molecular formula is C15H31N3. The molecule has 3 heteroatoms. The molecule has 0 amide bonds. The van der Waals surface area contributed by atoms with Crippen molar-refractivity contribution >= 4 is 0 Å². The van der Waals surface area contributed by atoms with Crippen molar-refractivity contribution in [3.63, 3.8) is 0 Å². The van der Waals surface area contributed by atoms with Crippen molar-refractivity contribution in [3.8, 4) is 0 Å². The maximum absolute atomic E-state index is 3.47. The molecule has 1 N–H and O–H groups in total. The second-order valence-corrected chi connectivity index (χ2v) is 7.02. The second-order valence-electron chi connectivity index (χ2n) is 7.02. The Kier molecular flexibility index (Phi) is 4.68. The van der Waals surface area contributed by atoms with E-state index < -0.39 is 0 Å². The molecule has 2 heterocycles. The molecular weight excluding hydrogens is 222 g/mol. The lowest BCUT2D eigenvalue weighted by Crippen LogP contribution is -2.56. The van der Waals surface area contributed by atoms with Gasteiger partial charge >= 0.3 is 0 Å². The molecule has 1 unspecified atom stereocenters. The van der Waals surface area contributed by atoms with Gasteiger partial charge in [-0.2, -0.15) is 0 Å². The lowest BCUT2D eigenvalue weighted by atomic mass is 9.90. The number of nitrogens with one attached hydrogen (secondary N) is 1. The summed E-state index contributed by atoms with van der Waals surface area (Å²) < 4.78 is 0. The van der Waals surface area contributed by atoms with Crippen LogP contribution >= 0.6 is 0 Å². The van der Waals surface area contributed by atoms with Gasteiger partial charge < -0.3 is 5.32 Å². The third kappa shape index (κ3) is 3.46. The molecule has 0 aromatic heterocycles. The van der Waals surface area contributed by atoms with E-state index in [0.717, 1.165) is 12.0 Å². The number of hydrogen-bond acceptors (Lipinski definition) is 3. The molecule has 2 saturated heterocycles. The smallest absolute Gasteiger partial charge is 0.0126 e. The summed E-state index contributed by atoms with van der Waals surface area (Å²) in [5.41, 5.74) is 0.337. The van der Waals surface area contributed by atoms with E-state index in [-0.39, 0.29) is 0 Å². The quantitative estimate of drug-likeness (QED) is 0.809. The molecule has 0 radical (unpaired) electrons. The summed E-state index contributed by atoms with van der Waals surface area (Å²) in [6.07, 6.45) is 2.72. The number of piperazine rings is 1. The Labute approximate surface area is 113 Å². The number of nitrogens with zero attached hydrogens (tertiary/aromatic N) is 2. The van der Waals surface area contributed by atoms with Crippen molar-refractivity contribution in [2.24, 2.45) is 5.92 Å². The van der Waals surface area contributed by atoms with Gasteiger partial charge in [0.1, 0.15) is 0 Å². The van der Waals surface area contributed by atoms with Crippen LogP contribution in [0.3, 0.4) is 0 Å². The number of piperidine rings is 1. The number of hydrogen-bond donors (Lipinski definition) is 1. The summed E-state index contributed by atoms with van der Waals surface area (Å²) in [5, 5.41) is 3.47. The van der Waals surface area contributed by atoms with Crippen LogP contribution in [0.25, 0.3) is 0 Å². The predicted molar refractivity (Wildman–Crippen MR) is 78.0 cm³/mol. The zero-order valence-electron chi connectivity index (χ0n) is 12.7. The van der Waals surface area contributed by atoms with E-state index in [1.807, 2.05) is 0 Å². The van der Waals surface area contributed by atoms with Gasteiger partial charge in [0, 0.05) is 37.8 Å². The Balaban J connectivity index is 1.81. The molecule has 106 valence electrons. The molecule has 18 heavy (non-hydrogen) atoms. The zero-order valence-corrected chi connectivity index (χ0v) is 12.7. The van der Waals surface area contributed by atoms with Gasteiger partial charge in [0.2, 0.25) is 0 Å². The fourth-order valence-corrected chi connectivity index (χ4v) is 3.42. The number of rotatable bonds is 2. The van der Waals surface area contributed by atoms with Gasteiger partial charge in [-0.3, -0.25) is 9.80 Å². The minimum Gasteiger partial charge on any atom is -0.317 e. The highest BCUT2D eigenvalue weighted by Crippen LogP contribution is 2.23. The lowest BCUT2D eigenvalue weighted by Gasteiger charge is -2.46. The Morgan fingerprint density at radius 2 is 1.56 bits per heavy atom. The van der Waals surface area contributed by atoms with E-state index >= 15 is 0 Å². The Morgan fingerprint density at radius 3 is 2.06 bits per heavy atom. The Morgan fingerprint density at radius 1 is 1.00 bits per heavy atom. The van der Waals surface area contributed by atoms with Gasteiger partial charge in [-0.05, 0) is 59.5 Å². The molecule has 0 aromatic carbocycles. The van der Waals surface area contributed by atoms with Gasteiger partial charge in [-0.25, -0.2) is 0 Å². The highest BCUT2D eigenvalue weighted by molar-refractivity contribution is 4.86. The van der Waals surface area contributed by atoms with Crippen LogP contribution in [0.1, 0.15) is 40.5 Å². The Bertz CT molecular complexity index is 245. The normalized spacial score (nSPS) is 27.3. The summed E-state index contributed by atoms with van der Waals surface area (Å²) >= 11 is 0. The van der Waals surface area contributed by atoms with E-state index in [1.54, 1.807) is 0 Å². The van der Waals surface area contributed by atoms with Crippen LogP contribution in [0.5, 0.6) is 0 Å². The van der Waals surface area contributed by atoms with Gasteiger partial charge in [0.15, 0.2) is 0 Å². The van der Waals surface area contributed by atoms with Gasteiger partial charge in [0.05, 0.1) is 0 Å². The molecule has 2 rings (SSSR count). The SMILES string of the molecule is CC(C1CCNCC1)N1CCN(C(C)(C)C)CC1. The highest BCUT2D eigenvalue weighted by atomic mass is 15.3. The molecule has 0 saturated carbocycles. The van der Waals surface area contributed by atoms with E-state index in [0.29, 0.717) is 5.54 Å². The topological polar surface area (TPSA) is 18.5 Å². The van der Waals surface area contributed by atoms with Crippen molar-refractivity contribution in [1.29, 1.82) is 0 Å². The van der Waals surface area contributed by atoms with Crippen LogP contribution in [0.15, 0.2) is 0 Å². The molecule has 2 fully saturated rings. The first-order valence-electron chi connectivity index (χ1n) is 7.68. The van der Waals surface area contributed by atoms with Crippen LogP contribution in [0.2, 0.25) is 0 Å². The van der Waals surface area contributed by atoms with Gasteiger partial charge in [-0.1, -0.05) is 0 Å². The first-order valence-corrected chi connectivity index (χ1v) is 7.68. The van der Waals surface area contributed by atoms with Crippen molar-refractivity contribution in [3.05, 3.63) is 0 Å². The zero-order chi connectivity index (χ0) is 13.2. The minimum absolute atomic E-state index is 0.337. The standard InChI is InChI=1S/C15H31N3/c1-13(14-5-7-16-8-6-14)17-9-11-18(12-10-17)15(2,3)4/h13-14,16H,5-12H2,1-4H3. The fourth-order valence-electron chi connectivity index (χ4n) is 3.42. The largest absolute Gasteiger partial charge is 0.317 e. The van der Waals surface area contributed by atoms with Crippen LogP contribution in [-0.2, 0) is 0 Å². The van der Waals surface area contributed by atoms with Crippen molar-refractivity contribution in [1.82, 2.24) is 15.1 Å². The summed E-state index contributed by atoms with van der Waals surface area (Å²) in [6, 6.07) is 0.772. The first-order chi connectivity index (χ1) is 8.48. The summed E-state index contributed by atoms with van der Waals surface area (Å²) in [4.78, 5) is 5.34. The van der Waals surface area contributed by atoms with Crippen LogP contribution in [0, 0.1) is 5.92 Å². The van der Waals surface area contributed by atoms with Crippen LogP contribution in [0.4, 0.5) is 0 Å². The van der Waals surface area contributed by atoms with Crippen molar-refractivity contribution < 1.29 is 0 Å². The third-order valence-electron chi connectivity index (χ3n) is 4.90. The molecule has 0 aliphatic carbocycles. The maximum atomic E-state index is 3.47. The van der Waals surface area contributed by atoms with E-state index in [1.165, 1.54) is 52.1 Å². The monoisotopic (exact) mass is 253 g/mol. The molecule has 0 aromatic rings. The molecule has 1 atom stereocenters. The molecule has 0 spiro atoms. The average molecular weight is 253 g/mol. The molecule has 0 bridgehead atoms. The van der Waals surface area contributed by atoms with Gasteiger partial charge in [-0.15, -0.1) is 0 Å². The van der Waals surface area contributed by atoms with Crippen molar-refractivity contribution in [2.75, 3.05) is 39.3 Å². The fraction of sp³-hybridized carbons (Fsp3) is 1.00. The molecule has 3 nitrogen and oxygen atoms in total. The Hall–Kier alpha value is -0.120. The molecule has 2 aliphatic heterocycles. The maximum Gasteiger partial charge on any atom is 0.0126 e. The van der Waals surface area contributed by atoms with Crippen LogP contribution in [-0.4, -0.2) is 60.6 Å². The third-order valence-corrected chi connectivity index (χ3v) is 4.90. The summed E-state index contributed by atoms with van der Waals surface area (Å²) in [6.45, 7) is 16.9. The lowest BCUT2D eigenvalue weighted by molar-refractivity contribution is 0.0278. The molecule has 2 aliphatic rings. The van der Waals surface area contributed by atoms with E-state index in [9.17, 15) is 0 Å². The van der Waals surface area contributed by atoms with E-state index in [4.69, 9.17) is 0 Å². The minimum atomic E-state index is 0.337. The first kappa shape index (κ1) is 14.3. The van der Waals surface area contributed by atoms with Gasteiger partial charge in [0.25, 0.3) is 0 Å². The second kappa shape index (κ2) is 5.89. The van der Waals surface area contributed by atoms with Crippen LogP contribution < -0.4 is 5.32 Å². The summed E-state index contributed by atoms with van der Waals surface area (Å²) in [5.74, 6) is 0.910. The summed E-state index contributed by atoms with van der Waals surface area (Å²) in [7, 11) is 0. The highest BCUT2D eigenvalue weighted by Gasteiger charge is 2.30. The average Bonchev–Trinajstić information content (AvgIpc) is 2.38. The van der Waals surface area contributed by atoms with E-state index in [2.05, 4.69) is 42.8 Å². The predicted octanol–water partition coefficient (Wildman–Crippen LogP) is 1.79. The van der Waals surface area contributed by atoms with Crippen molar-refractivity contribution in [2.45, 2.75) is 52.1 Å².